The lowest BCUT2D eigenvalue weighted by Gasteiger charge is -2.21. The summed E-state index contributed by atoms with van der Waals surface area (Å²) >= 11 is 3.29. The molecule has 0 radical (unpaired) electrons. The molecule has 0 saturated heterocycles. The fourth-order valence-corrected chi connectivity index (χ4v) is 2.17. The topological polar surface area (TPSA) is 72.6 Å². The minimum atomic E-state index is -0.440. The van der Waals surface area contributed by atoms with Crippen LogP contribution < -0.4 is 5.73 Å². The van der Waals surface area contributed by atoms with Gasteiger partial charge in [-0.2, -0.15) is 0 Å². The van der Waals surface area contributed by atoms with Gasteiger partial charge in [0, 0.05) is 22.3 Å². The molecule has 0 aliphatic carbocycles. The standard InChI is InChI=1S/C13H17BrN2O3/c1-3-4-16(8-12(17)19-2)13(18)9-5-10(14)7-11(15)6-9/h5-7H,3-4,8,15H2,1-2H3. The van der Waals surface area contributed by atoms with E-state index in [4.69, 9.17) is 5.73 Å². The molecule has 1 rings (SSSR count). The summed E-state index contributed by atoms with van der Waals surface area (Å²) in [7, 11) is 1.30. The van der Waals surface area contributed by atoms with Crippen LogP contribution in [0, 0.1) is 0 Å². The van der Waals surface area contributed by atoms with Crippen molar-refractivity contribution in [3.63, 3.8) is 0 Å². The lowest BCUT2D eigenvalue weighted by molar-refractivity contribution is -0.141. The van der Waals surface area contributed by atoms with E-state index in [9.17, 15) is 9.59 Å². The molecule has 0 aliphatic heterocycles. The van der Waals surface area contributed by atoms with E-state index in [0.717, 1.165) is 10.9 Å². The van der Waals surface area contributed by atoms with Gasteiger partial charge in [0.2, 0.25) is 0 Å². The number of benzene rings is 1. The number of rotatable bonds is 5. The third kappa shape index (κ3) is 4.55. The molecule has 0 spiro atoms. The van der Waals surface area contributed by atoms with Crippen LogP contribution in [0.4, 0.5) is 5.69 Å². The maximum absolute atomic E-state index is 12.3. The van der Waals surface area contributed by atoms with Gasteiger partial charge in [0.1, 0.15) is 6.54 Å². The molecule has 2 N–H and O–H groups in total. The number of esters is 1. The van der Waals surface area contributed by atoms with Gasteiger partial charge in [-0.15, -0.1) is 0 Å². The zero-order chi connectivity index (χ0) is 14.4. The summed E-state index contributed by atoms with van der Waals surface area (Å²) in [5.74, 6) is -0.676. The molecule has 0 fully saturated rings. The monoisotopic (exact) mass is 328 g/mol. The Kier molecular flexibility index (Phi) is 5.82. The highest BCUT2D eigenvalue weighted by molar-refractivity contribution is 9.10. The number of halogens is 1. The Morgan fingerprint density at radius 3 is 2.58 bits per heavy atom. The van der Waals surface area contributed by atoms with Crippen LogP contribution in [0.1, 0.15) is 23.7 Å². The van der Waals surface area contributed by atoms with Gasteiger partial charge in [-0.3, -0.25) is 9.59 Å². The Balaban J connectivity index is 2.94. The summed E-state index contributed by atoms with van der Waals surface area (Å²) in [6.45, 7) is 2.36. The van der Waals surface area contributed by atoms with E-state index >= 15 is 0 Å². The first-order chi connectivity index (χ1) is 8.97. The van der Waals surface area contributed by atoms with Crippen molar-refractivity contribution >= 4 is 33.5 Å². The van der Waals surface area contributed by atoms with Crippen molar-refractivity contribution in [2.75, 3.05) is 25.9 Å². The number of amides is 1. The molecule has 104 valence electrons. The molecule has 0 unspecified atom stereocenters. The highest BCUT2D eigenvalue weighted by Gasteiger charge is 2.19. The molecule has 0 aromatic heterocycles. The van der Waals surface area contributed by atoms with Crippen molar-refractivity contribution in [1.82, 2.24) is 4.90 Å². The molecule has 1 amide bonds. The second kappa shape index (κ2) is 7.13. The Labute approximate surface area is 120 Å². The van der Waals surface area contributed by atoms with Crippen LogP contribution in [0.2, 0.25) is 0 Å². The van der Waals surface area contributed by atoms with E-state index in [0.29, 0.717) is 17.8 Å². The summed E-state index contributed by atoms with van der Waals surface area (Å²) < 4.78 is 5.32. The molecule has 0 heterocycles. The van der Waals surface area contributed by atoms with Gasteiger partial charge in [-0.1, -0.05) is 22.9 Å². The van der Waals surface area contributed by atoms with Crippen molar-refractivity contribution in [2.24, 2.45) is 0 Å². The van der Waals surface area contributed by atoms with E-state index in [1.807, 2.05) is 6.92 Å². The summed E-state index contributed by atoms with van der Waals surface area (Å²) in [5.41, 5.74) is 6.65. The maximum atomic E-state index is 12.3. The lowest BCUT2D eigenvalue weighted by Crippen LogP contribution is -2.36. The average molecular weight is 329 g/mol. The van der Waals surface area contributed by atoms with Crippen LogP contribution in [-0.2, 0) is 9.53 Å². The molecule has 0 aliphatic rings. The first-order valence-corrected chi connectivity index (χ1v) is 6.69. The van der Waals surface area contributed by atoms with E-state index in [-0.39, 0.29) is 12.5 Å². The summed E-state index contributed by atoms with van der Waals surface area (Å²) in [6.07, 6.45) is 0.756. The maximum Gasteiger partial charge on any atom is 0.325 e. The number of nitrogen functional groups attached to an aromatic ring is 1. The highest BCUT2D eigenvalue weighted by Crippen LogP contribution is 2.18. The number of carbonyl (C=O) groups is 2. The Morgan fingerprint density at radius 2 is 2.05 bits per heavy atom. The van der Waals surface area contributed by atoms with Crippen LogP contribution in [0.25, 0.3) is 0 Å². The predicted octanol–water partition coefficient (Wildman–Crippen LogP) is 2.06. The van der Waals surface area contributed by atoms with E-state index < -0.39 is 5.97 Å². The molecule has 1 aromatic rings. The van der Waals surface area contributed by atoms with Crippen LogP contribution in [-0.4, -0.2) is 37.0 Å². The van der Waals surface area contributed by atoms with Crippen LogP contribution in [0.15, 0.2) is 22.7 Å². The number of ether oxygens (including phenoxy) is 1. The second-order valence-electron chi connectivity index (χ2n) is 4.08. The first kappa shape index (κ1) is 15.5. The molecule has 19 heavy (non-hydrogen) atoms. The molecule has 0 saturated carbocycles. The van der Waals surface area contributed by atoms with Crippen molar-refractivity contribution in [3.05, 3.63) is 28.2 Å². The average Bonchev–Trinajstić information content (AvgIpc) is 2.36. The Bertz CT molecular complexity index is 457. The zero-order valence-electron chi connectivity index (χ0n) is 11.0. The van der Waals surface area contributed by atoms with Crippen molar-refractivity contribution < 1.29 is 14.3 Å². The quantitative estimate of drug-likeness (QED) is 0.663. The van der Waals surface area contributed by atoms with Crippen LogP contribution in [0.5, 0.6) is 0 Å². The fraction of sp³-hybridized carbons (Fsp3) is 0.385. The molecule has 1 aromatic carbocycles. The van der Waals surface area contributed by atoms with Gasteiger partial charge < -0.3 is 15.4 Å². The van der Waals surface area contributed by atoms with Crippen LogP contribution >= 0.6 is 15.9 Å². The van der Waals surface area contributed by atoms with Crippen LogP contribution in [0.3, 0.4) is 0 Å². The molecule has 0 bridgehead atoms. The van der Waals surface area contributed by atoms with Gasteiger partial charge in [0.15, 0.2) is 0 Å². The first-order valence-electron chi connectivity index (χ1n) is 5.90. The minimum Gasteiger partial charge on any atom is -0.468 e. The van der Waals surface area contributed by atoms with E-state index in [2.05, 4.69) is 20.7 Å². The predicted molar refractivity (Wildman–Crippen MR) is 76.8 cm³/mol. The lowest BCUT2D eigenvalue weighted by atomic mass is 10.1. The number of carbonyl (C=O) groups excluding carboxylic acids is 2. The van der Waals surface area contributed by atoms with Crippen molar-refractivity contribution in [2.45, 2.75) is 13.3 Å². The number of nitrogens with two attached hydrogens (primary N) is 1. The number of anilines is 1. The fourth-order valence-electron chi connectivity index (χ4n) is 1.66. The van der Waals surface area contributed by atoms with Gasteiger partial charge in [-0.25, -0.2) is 0 Å². The van der Waals surface area contributed by atoms with E-state index in [1.165, 1.54) is 12.0 Å². The number of hydrogen-bond acceptors (Lipinski definition) is 4. The van der Waals surface area contributed by atoms with Gasteiger partial charge in [0.25, 0.3) is 5.91 Å². The molecule has 6 heteroatoms. The SMILES string of the molecule is CCCN(CC(=O)OC)C(=O)c1cc(N)cc(Br)c1. The van der Waals surface area contributed by atoms with Crippen molar-refractivity contribution in [1.29, 1.82) is 0 Å². The van der Waals surface area contributed by atoms with E-state index in [1.54, 1.807) is 18.2 Å². The Morgan fingerprint density at radius 1 is 1.37 bits per heavy atom. The summed E-state index contributed by atoms with van der Waals surface area (Å²) in [4.78, 5) is 25.1. The highest BCUT2D eigenvalue weighted by atomic mass is 79.9. The molecule has 5 nitrogen and oxygen atoms in total. The Hall–Kier alpha value is -1.56. The third-order valence-corrected chi connectivity index (χ3v) is 2.95. The van der Waals surface area contributed by atoms with Gasteiger partial charge in [-0.05, 0) is 24.6 Å². The zero-order valence-corrected chi connectivity index (χ0v) is 12.6. The molecular weight excluding hydrogens is 312 g/mol. The largest absolute Gasteiger partial charge is 0.468 e. The normalized spacial score (nSPS) is 10.1. The molecule has 0 atom stereocenters. The third-order valence-electron chi connectivity index (χ3n) is 2.50. The summed E-state index contributed by atoms with van der Waals surface area (Å²) in [5, 5.41) is 0. The smallest absolute Gasteiger partial charge is 0.325 e. The number of hydrogen-bond donors (Lipinski definition) is 1. The summed E-state index contributed by atoms with van der Waals surface area (Å²) in [6, 6.07) is 4.98. The number of methoxy groups -OCH3 is 1. The second-order valence-corrected chi connectivity index (χ2v) is 4.99. The van der Waals surface area contributed by atoms with Gasteiger partial charge >= 0.3 is 5.97 Å². The molecular formula is C13H17BrN2O3. The number of nitrogens with zero attached hydrogens (tertiary/aromatic N) is 1. The van der Waals surface area contributed by atoms with Crippen molar-refractivity contribution in [3.8, 4) is 0 Å². The minimum absolute atomic E-state index is 0.0599. The van der Waals surface area contributed by atoms with Gasteiger partial charge in [0.05, 0.1) is 7.11 Å².